The van der Waals surface area contributed by atoms with Crippen molar-refractivity contribution in [2.24, 2.45) is 0 Å². The Morgan fingerprint density at radius 2 is 2.35 bits per heavy atom. The van der Waals surface area contributed by atoms with Gasteiger partial charge in [-0.05, 0) is 24.9 Å². The van der Waals surface area contributed by atoms with Crippen molar-refractivity contribution in [3.05, 3.63) is 10.7 Å². The van der Waals surface area contributed by atoms with E-state index in [4.69, 9.17) is 16.3 Å². The number of hydrogen-bond acceptors (Lipinski definition) is 4. The summed E-state index contributed by atoms with van der Waals surface area (Å²) in [6, 6.07) is -0.299. The Kier molecular flexibility index (Phi) is 5.67. The van der Waals surface area contributed by atoms with Gasteiger partial charge in [-0.2, -0.15) is 4.37 Å². The SMILES string of the molecule is CC[C@@H](COC)NC(=O)Nc1snc(C)c1Cl. The number of halogens is 1. The fraction of sp³-hybridized carbons (Fsp3) is 0.600. The minimum Gasteiger partial charge on any atom is -0.383 e. The molecule has 0 saturated heterocycles. The van der Waals surface area contributed by atoms with Crippen LogP contribution >= 0.6 is 23.1 Å². The zero-order valence-corrected chi connectivity index (χ0v) is 11.6. The molecule has 0 aliphatic rings. The summed E-state index contributed by atoms with van der Waals surface area (Å²) >= 11 is 7.13. The average Bonchev–Trinajstić information content (AvgIpc) is 2.60. The van der Waals surface area contributed by atoms with Gasteiger partial charge in [0, 0.05) is 7.11 Å². The van der Waals surface area contributed by atoms with Crippen molar-refractivity contribution in [1.82, 2.24) is 9.69 Å². The number of carbonyl (C=O) groups excluding carboxylic acids is 1. The van der Waals surface area contributed by atoms with Gasteiger partial charge in [0.1, 0.15) is 5.00 Å². The Balaban J connectivity index is 2.52. The van der Waals surface area contributed by atoms with Crippen LogP contribution in [0.2, 0.25) is 5.02 Å². The molecule has 0 bridgehead atoms. The predicted octanol–water partition coefficient (Wildman–Crippen LogP) is 2.65. The third kappa shape index (κ3) is 4.14. The van der Waals surface area contributed by atoms with E-state index in [9.17, 15) is 4.79 Å². The lowest BCUT2D eigenvalue weighted by Crippen LogP contribution is -2.40. The minimum absolute atomic E-state index is 0.00667. The Hall–Kier alpha value is -0.850. The molecule has 0 aliphatic heterocycles. The number of rotatable bonds is 5. The number of nitrogens with zero attached hydrogens (tertiary/aromatic N) is 1. The van der Waals surface area contributed by atoms with Crippen LogP contribution in [0.5, 0.6) is 0 Å². The van der Waals surface area contributed by atoms with Gasteiger partial charge < -0.3 is 10.1 Å². The van der Waals surface area contributed by atoms with Gasteiger partial charge in [-0.3, -0.25) is 5.32 Å². The van der Waals surface area contributed by atoms with Gasteiger partial charge in [-0.15, -0.1) is 0 Å². The van der Waals surface area contributed by atoms with Gasteiger partial charge in [-0.1, -0.05) is 18.5 Å². The van der Waals surface area contributed by atoms with E-state index >= 15 is 0 Å². The van der Waals surface area contributed by atoms with Crippen LogP contribution in [0.25, 0.3) is 0 Å². The number of amides is 2. The lowest BCUT2D eigenvalue weighted by Gasteiger charge is -2.15. The predicted molar refractivity (Wildman–Crippen MR) is 70.0 cm³/mol. The quantitative estimate of drug-likeness (QED) is 0.870. The number of aromatic nitrogens is 1. The van der Waals surface area contributed by atoms with Crippen LogP contribution in [0.1, 0.15) is 19.0 Å². The van der Waals surface area contributed by atoms with E-state index in [1.165, 1.54) is 11.5 Å². The Morgan fingerprint density at radius 3 is 2.82 bits per heavy atom. The number of carbonyl (C=O) groups is 1. The summed E-state index contributed by atoms with van der Waals surface area (Å²) in [5.74, 6) is 0. The van der Waals surface area contributed by atoms with Gasteiger partial charge >= 0.3 is 6.03 Å². The van der Waals surface area contributed by atoms with E-state index in [1.807, 2.05) is 6.92 Å². The maximum atomic E-state index is 11.7. The molecule has 1 heterocycles. The van der Waals surface area contributed by atoms with Crippen LogP contribution in [-0.4, -0.2) is 30.2 Å². The highest BCUT2D eigenvalue weighted by Crippen LogP contribution is 2.29. The first-order valence-corrected chi connectivity index (χ1v) is 6.41. The molecule has 2 N–H and O–H groups in total. The summed E-state index contributed by atoms with van der Waals surface area (Å²) in [6.45, 7) is 4.26. The molecule has 0 saturated carbocycles. The molecule has 5 nitrogen and oxygen atoms in total. The fourth-order valence-electron chi connectivity index (χ4n) is 1.22. The number of aryl methyl sites for hydroxylation is 1. The van der Waals surface area contributed by atoms with Gasteiger partial charge in [0.15, 0.2) is 0 Å². The highest BCUT2D eigenvalue weighted by molar-refractivity contribution is 7.11. The molecular weight excluding hydrogens is 262 g/mol. The summed E-state index contributed by atoms with van der Waals surface area (Å²) in [7, 11) is 1.60. The molecule has 1 aromatic rings. The van der Waals surface area contributed by atoms with Crippen molar-refractivity contribution in [3.8, 4) is 0 Å². The summed E-state index contributed by atoms with van der Waals surface area (Å²) < 4.78 is 9.04. The molecular formula is C10H16ClN3O2S. The highest BCUT2D eigenvalue weighted by atomic mass is 35.5. The molecule has 17 heavy (non-hydrogen) atoms. The van der Waals surface area contributed by atoms with Crippen molar-refractivity contribution in [3.63, 3.8) is 0 Å². The lowest BCUT2D eigenvalue weighted by atomic mass is 10.2. The molecule has 0 spiro atoms. The van der Waals surface area contributed by atoms with E-state index in [1.54, 1.807) is 14.0 Å². The fourth-order valence-corrected chi connectivity index (χ4v) is 2.15. The van der Waals surface area contributed by atoms with Gasteiger partial charge in [0.05, 0.1) is 23.4 Å². The normalized spacial score (nSPS) is 12.2. The second kappa shape index (κ2) is 6.78. The van der Waals surface area contributed by atoms with E-state index in [-0.39, 0.29) is 12.1 Å². The van der Waals surface area contributed by atoms with Crippen LogP contribution in [0.3, 0.4) is 0 Å². The first-order valence-electron chi connectivity index (χ1n) is 5.26. The third-order valence-corrected chi connectivity index (χ3v) is 3.64. The molecule has 0 radical (unpaired) electrons. The van der Waals surface area contributed by atoms with Crippen LogP contribution in [0, 0.1) is 6.92 Å². The molecule has 1 aromatic heterocycles. The molecule has 96 valence electrons. The Morgan fingerprint density at radius 1 is 1.65 bits per heavy atom. The first-order chi connectivity index (χ1) is 8.08. The summed E-state index contributed by atoms with van der Waals surface area (Å²) in [5.41, 5.74) is 0.718. The molecule has 2 amide bonds. The zero-order valence-electron chi connectivity index (χ0n) is 10.0. The monoisotopic (exact) mass is 277 g/mol. The molecule has 1 atom stereocenters. The van der Waals surface area contributed by atoms with Crippen molar-refractivity contribution in [2.45, 2.75) is 26.3 Å². The summed E-state index contributed by atoms with van der Waals surface area (Å²) in [5, 5.41) is 6.52. The van der Waals surface area contributed by atoms with Crippen LogP contribution in [0.4, 0.5) is 9.80 Å². The van der Waals surface area contributed by atoms with Crippen molar-refractivity contribution < 1.29 is 9.53 Å². The van der Waals surface area contributed by atoms with Crippen molar-refractivity contribution >= 4 is 34.2 Å². The van der Waals surface area contributed by atoms with E-state index in [0.717, 1.165) is 12.1 Å². The second-order valence-corrected chi connectivity index (χ2v) is 4.72. The number of methoxy groups -OCH3 is 1. The number of ether oxygens (including phenoxy) is 1. The standard InChI is InChI=1S/C10H16ClN3O2S/c1-4-7(5-16-3)12-10(15)13-9-8(11)6(2)14-17-9/h7H,4-5H2,1-3H3,(H2,12,13,15)/t7-/m0/s1. The maximum absolute atomic E-state index is 11.7. The summed E-state index contributed by atoms with van der Waals surface area (Å²) in [4.78, 5) is 11.7. The summed E-state index contributed by atoms with van der Waals surface area (Å²) in [6.07, 6.45) is 0.802. The number of nitrogens with one attached hydrogen (secondary N) is 2. The smallest absolute Gasteiger partial charge is 0.320 e. The van der Waals surface area contributed by atoms with Gasteiger partial charge in [0.25, 0.3) is 0 Å². The van der Waals surface area contributed by atoms with E-state index in [0.29, 0.717) is 16.6 Å². The largest absolute Gasteiger partial charge is 0.383 e. The van der Waals surface area contributed by atoms with Crippen LogP contribution < -0.4 is 10.6 Å². The molecule has 1 rings (SSSR count). The number of urea groups is 1. The molecule has 0 aromatic carbocycles. The molecule has 0 unspecified atom stereocenters. The van der Waals surface area contributed by atoms with Crippen LogP contribution in [-0.2, 0) is 4.74 Å². The first kappa shape index (κ1) is 14.2. The number of hydrogen-bond donors (Lipinski definition) is 2. The Bertz CT molecular complexity index is 384. The van der Waals surface area contributed by atoms with E-state index in [2.05, 4.69) is 15.0 Å². The highest BCUT2D eigenvalue weighted by Gasteiger charge is 2.14. The van der Waals surface area contributed by atoms with Crippen LogP contribution in [0.15, 0.2) is 0 Å². The average molecular weight is 278 g/mol. The van der Waals surface area contributed by atoms with Gasteiger partial charge in [-0.25, -0.2) is 4.79 Å². The molecule has 0 aliphatic carbocycles. The molecule has 7 heteroatoms. The minimum atomic E-state index is -0.292. The maximum Gasteiger partial charge on any atom is 0.320 e. The third-order valence-electron chi connectivity index (χ3n) is 2.21. The Labute approximate surface area is 110 Å². The van der Waals surface area contributed by atoms with Crippen molar-refractivity contribution in [1.29, 1.82) is 0 Å². The zero-order chi connectivity index (χ0) is 12.8. The topological polar surface area (TPSA) is 63.2 Å². The lowest BCUT2D eigenvalue weighted by molar-refractivity contribution is 0.166. The second-order valence-electron chi connectivity index (χ2n) is 3.57. The van der Waals surface area contributed by atoms with Gasteiger partial charge in [0.2, 0.25) is 0 Å². The molecule has 0 fully saturated rings. The number of anilines is 1. The van der Waals surface area contributed by atoms with Crippen molar-refractivity contribution in [2.75, 3.05) is 19.0 Å². The van der Waals surface area contributed by atoms with E-state index < -0.39 is 0 Å².